The van der Waals surface area contributed by atoms with E-state index in [0.29, 0.717) is 0 Å². The van der Waals surface area contributed by atoms with Gasteiger partial charge in [0, 0.05) is 39.1 Å². The van der Waals surface area contributed by atoms with Gasteiger partial charge in [0.15, 0.2) is 5.58 Å². The SMILES string of the molecule is c1ccc(-c2ccc(-c3ccc(N(c4cc(N(c5ccccc5)c5cccc(-c6ccccc6)c5)c5oc6ccc7ccccc7c6c5c4)c4ccccc4-c4ccccc4)cc3)cc2)cc1. The highest BCUT2D eigenvalue weighted by molar-refractivity contribution is 6.22. The summed E-state index contributed by atoms with van der Waals surface area (Å²) in [4.78, 5) is 4.77. The number of rotatable bonds is 10. The maximum atomic E-state index is 7.11. The van der Waals surface area contributed by atoms with E-state index in [4.69, 9.17) is 4.42 Å². The maximum absolute atomic E-state index is 7.11. The number of benzene rings is 11. The molecule has 12 rings (SSSR count). The third-order valence-corrected chi connectivity index (χ3v) is 12.8. The summed E-state index contributed by atoms with van der Waals surface area (Å²) in [6, 6.07) is 95.5. The average molecular weight is 857 g/mol. The Morgan fingerprint density at radius 1 is 0.269 bits per heavy atom. The van der Waals surface area contributed by atoms with Gasteiger partial charge >= 0.3 is 0 Å². The standard InChI is InChI=1S/C64H44N2O/c1-5-18-45(19-6-1)47-32-34-48(35-33-47)49-36-39-54(40-37-49)66(60-31-16-15-29-57(60)50-22-9-3-10-23-50)56-43-59-63-58-30-14-13-24-51(58)38-41-62(63)67-64(59)61(44-56)65(53-26-11-4-12-27-53)55-28-17-25-52(42-55)46-20-7-2-8-21-46/h1-44H. The fourth-order valence-corrected chi connectivity index (χ4v) is 9.62. The minimum atomic E-state index is 0.815. The number of furan rings is 1. The van der Waals surface area contributed by atoms with Crippen molar-refractivity contribution < 1.29 is 4.42 Å². The summed E-state index contributed by atoms with van der Waals surface area (Å²) in [5.41, 5.74) is 17.0. The lowest BCUT2D eigenvalue weighted by atomic mass is 9.98. The molecule has 0 aliphatic rings. The molecule has 1 aromatic heterocycles. The summed E-state index contributed by atoms with van der Waals surface area (Å²) in [5, 5.41) is 4.45. The molecule has 0 amide bonds. The molecule has 1 heterocycles. The summed E-state index contributed by atoms with van der Waals surface area (Å²) >= 11 is 0. The first kappa shape index (κ1) is 39.7. The van der Waals surface area contributed by atoms with E-state index in [1.54, 1.807) is 0 Å². The summed E-state index contributed by atoms with van der Waals surface area (Å²) in [6.07, 6.45) is 0. The summed E-state index contributed by atoms with van der Waals surface area (Å²) < 4.78 is 7.11. The second kappa shape index (κ2) is 17.2. The highest BCUT2D eigenvalue weighted by Gasteiger charge is 2.26. The van der Waals surface area contributed by atoms with Crippen LogP contribution in [0.15, 0.2) is 271 Å². The van der Waals surface area contributed by atoms with Gasteiger partial charge in [0.1, 0.15) is 5.58 Å². The topological polar surface area (TPSA) is 19.6 Å². The van der Waals surface area contributed by atoms with E-state index < -0.39 is 0 Å². The predicted octanol–water partition coefficient (Wildman–Crippen LogP) is 18.3. The van der Waals surface area contributed by atoms with Gasteiger partial charge in [-0.05, 0) is 110 Å². The van der Waals surface area contributed by atoms with E-state index in [1.165, 1.54) is 22.1 Å². The molecule has 3 nitrogen and oxygen atoms in total. The zero-order valence-corrected chi connectivity index (χ0v) is 36.7. The second-order valence-corrected chi connectivity index (χ2v) is 16.9. The van der Waals surface area contributed by atoms with Crippen molar-refractivity contribution in [1.82, 2.24) is 0 Å². The van der Waals surface area contributed by atoms with Gasteiger partial charge in [-0.15, -0.1) is 0 Å². The zero-order chi connectivity index (χ0) is 44.5. The molecule has 0 N–H and O–H groups in total. The molecule has 0 fully saturated rings. The van der Waals surface area contributed by atoms with Gasteiger partial charge in [-0.1, -0.05) is 206 Å². The maximum Gasteiger partial charge on any atom is 0.159 e. The molecule has 11 aromatic carbocycles. The zero-order valence-electron chi connectivity index (χ0n) is 36.7. The Morgan fingerprint density at radius 3 is 1.45 bits per heavy atom. The molecule has 0 saturated heterocycles. The first-order valence-electron chi connectivity index (χ1n) is 22.8. The van der Waals surface area contributed by atoms with Crippen molar-refractivity contribution in [2.75, 3.05) is 9.80 Å². The Labute approximate surface area is 390 Å². The van der Waals surface area contributed by atoms with Crippen LogP contribution >= 0.6 is 0 Å². The molecule has 67 heavy (non-hydrogen) atoms. The van der Waals surface area contributed by atoms with Crippen LogP contribution in [0.3, 0.4) is 0 Å². The molecule has 0 aliphatic heterocycles. The minimum absolute atomic E-state index is 0.815. The molecule has 0 spiro atoms. The first-order chi connectivity index (χ1) is 33.2. The average Bonchev–Trinajstić information content (AvgIpc) is 3.80. The molecule has 0 bridgehead atoms. The van der Waals surface area contributed by atoms with Crippen molar-refractivity contribution in [2.24, 2.45) is 0 Å². The van der Waals surface area contributed by atoms with E-state index in [9.17, 15) is 0 Å². The monoisotopic (exact) mass is 856 g/mol. The molecule has 0 aliphatic carbocycles. The molecular formula is C64H44N2O. The Morgan fingerprint density at radius 2 is 0.761 bits per heavy atom. The Hall–Kier alpha value is -8.92. The molecule has 0 saturated carbocycles. The van der Waals surface area contributed by atoms with Gasteiger partial charge in [0.2, 0.25) is 0 Å². The molecule has 0 radical (unpaired) electrons. The van der Waals surface area contributed by atoms with Crippen molar-refractivity contribution >= 4 is 66.8 Å². The molecule has 0 unspecified atom stereocenters. The van der Waals surface area contributed by atoms with E-state index in [2.05, 4.69) is 277 Å². The molecular weight excluding hydrogens is 813 g/mol. The quantitative estimate of drug-likeness (QED) is 0.137. The first-order valence-corrected chi connectivity index (χ1v) is 22.8. The van der Waals surface area contributed by atoms with E-state index >= 15 is 0 Å². The highest BCUT2D eigenvalue weighted by atomic mass is 16.3. The second-order valence-electron chi connectivity index (χ2n) is 16.9. The van der Waals surface area contributed by atoms with Crippen LogP contribution in [0.25, 0.3) is 77.2 Å². The van der Waals surface area contributed by atoms with E-state index in [1.807, 2.05) is 0 Å². The number of anilines is 6. The summed E-state index contributed by atoms with van der Waals surface area (Å²) in [6.45, 7) is 0. The normalized spacial score (nSPS) is 11.3. The lowest BCUT2D eigenvalue weighted by Gasteiger charge is -2.31. The van der Waals surface area contributed by atoms with Crippen LogP contribution in [0, 0.1) is 0 Å². The smallest absolute Gasteiger partial charge is 0.159 e. The Bertz CT molecular complexity index is 3660. The molecule has 3 heteroatoms. The van der Waals surface area contributed by atoms with E-state index in [0.717, 1.165) is 89.3 Å². The lowest BCUT2D eigenvalue weighted by Crippen LogP contribution is -2.14. The number of para-hydroxylation sites is 2. The highest BCUT2D eigenvalue weighted by Crippen LogP contribution is 2.50. The Kier molecular flexibility index (Phi) is 10.2. The van der Waals surface area contributed by atoms with Crippen molar-refractivity contribution in [3.8, 4) is 44.5 Å². The minimum Gasteiger partial charge on any atom is -0.454 e. The van der Waals surface area contributed by atoms with Gasteiger partial charge in [-0.3, -0.25) is 0 Å². The number of hydrogen-bond acceptors (Lipinski definition) is 3. The van der Waals surface area contributed by atoms with Crippen molar-refractivity contribution in [3.05, 3.63) is 267 Å². The number of nitrogens with zero attached hydrogens (tertiary/aromatic N) is 2. The third-order valence-electron chi connectivity index (χ3n) is 12.8. The van der Waals surface area contributed by atoms with Gasteiger partial charge < -0.3 is 14.2 Å². The number of hydrogen-bond donors (Lipinski definition) is 0. The van der Waals surface area contributed by atoms with Crippen LogP contribution in [0.1, 0.15) is 0 Å². The van der Waals surface area contributed by atoms with Crippen molar-refractivity contribution in [2.45, 2.75) is 0 Å². The van der Waals surface area contributed by atoms with Crippen LogP contribution in [-0.2, 0) is 0 Å². The van der Waals surface area contributed by atoms with Crippen LogP contribution in [-0.4, -0.2) is 0 Å². The fraction of sp³-hybridized carbons (Fsp3) is 0. The van der Waals surface area contributed by atoms with Crippen molar-refractivity contribution in [3.63, 3.8) is 0 Å². The molecule has 12 aromatic rings. The van der Waals surface area contributed by atoms with Crippen molar-refractivity contribution in [1.29, 1.82) is 0 Å². The Balaban J connectivity index is 1.11. The van der Waals surface area contributed by atoms with Crippen LogP contribution in [0.5, 0.6) is 0 Å². The summed E-state index contributed by atoms with van der Waals surface area (Å²) in [7, 11) is 0. The molecule has 316 valence electrons. The van der Waals surface area contributed by atoms with E-state index in [-0.39, 0.29) is 0 Å². The predicted molar refractivity (Wildman–Crippen MR) is 282 cm³/mol. The lowest BCUT2D eigenvalue weighted by molar-refractivity contribution is 0.669. The van der Waals surface area contributed by atoms with Crippen LogP contribution < -0.4 is 9.80 Å². The van der Waals surface area contributed by atoms with Crippen LogP contribution in [0.2, 0.25) is 0 Å². The van der Waals surface area contributed by atoms with Gasteiger partial charge in [0.25, 0.3) is 0 Å². The third kappa shape index (κ3) is 7.49. The fourth-order valence-electron chi connectivity index (χ4n) is 9.62. The molecule has 0 atom stereocenters. The van der Waals surface area contributed by atoms with Gasteiger partial charge in [-0.25, -0.2) is 0 Å². The van der Waals surface area contributed by atoms with Gasteiger partial charge in [0.05, 0.1) is 11.4 Å². The summed E-state index contributed by atoms with van der Waals surface area (Å²) in [5.74, 6) is 0. The largest absolute Gasteiger partial charge is 0.454 e. The van der Waals surface area contributed by atoms with Crippen LogP contribution in [0.4, 0.5) is 34.1 Å². The van der Waals surface area contributed by atoms with Gasteiger partial charge in [-0.2, -0.15) is 0 Å². The number of fused-ring (bicyclic) bond motifs is 5.